The van der Waals surface area contributed by atoms with Crippen LogP contribution in [0.4, 0.5) is 4.39 Å². The largest absolute Gasteiger partial charge is 0.486 e. The molecular formula is C15H17FN2O2. The lowest BCUT2D eigenvalue weighted by Gasteiger charge is -2.10. The van der Waals surface area contributed by atoms with Crippen LogP contribution < -0.4 is 9.47 Å². The van der Waals surface area contributed by atoms with Crippen molar-refractivity contribution in [2.45, 2.75) is 32.4 Å². The smallest absolute Gasteiger partial charge is 0.157 e. The third-order valence-corrected chi connectivity index (χ3v) is 3.26. The maximum atomic E-state index is 13.1. The fourth-order valence-corrected chi connectivity index (χ4v) is 2.34. The number of aryl methyl sites for hydroxylation is 1. The van der Waals surface area contributed by atoms with Crippen LogP contribution in [0.5, 0.6) is 11.5 Å². The molecule has 4 nitrogen and oxygen atoms in total. The number of benzene rings is 1. The molecule has 3 rings (SSSR count). The summed E-state index contributed by atoms with van der Waals surface area (Å²) in [6, 6.07) is 4.61. The molecule has 0 fully saturated rings. The Morgan fingerprint density at radius 2 is 2.40 bits per heavy atom. The Hall–Kier alpha value is -2.04. The Morgan fingerprint density at radius 3 is 3.25 bits per heavy atom. The SMILES string of the molecule is CCCn1cc(OCC2Cc3cc(F)ccc3O2)cn1. The molecule has 1 unspecified atom stereocenters. The zero-order valence-corrected chi connectivity index (χ0v) is 11.4. The molecule has 0 radical (unpaired) electrons. The molecule has 0 spiro atoms. The molecule has 0 aliphatic carbocycles. The Morgan fingerprint density at radius 1 is 1.50 bits per heavy atom. The summed E-state index contributed by atoms with van der Waals surface area (Å²) in [5.41, 5.74) is 0.903. The van der Waals surface area contributed by atoms with Gasteiger partial charge in [0.05, 0.1) is 12.4 Å². The molecule has 1 aliphatic rings. The van der Waals surface area contributed by atoms with Crippen molar-refractivity contribution in [2.75, 3.05) is 6.61 Å². The van der Waals surface area contributed by atoms with Crippen LogP contribution in [-0.4, -0.2) is 22.5 Å². The van der Waals surface area contributed by atoms with Gasteiger partial charge in [-0.3, -0.25) is 4.68 Å². The summed E-state index contributed by atoms with van der Waals surface area (Å²) in [5.74, 6) is 1.26. The number of fused-ring (bicyclic) bond motifs is 1. The van der Waals surface area contributed by atoms with Gasteiger partial charge in [-0.15, -0.1) is 0 Å². The van der Waals surface area contributed by atoms with E-state index in [1.54, 1.807) is 12.3 Å². The van der Waals surface area contributed by atoms with Crippen molar-refractivity contribution < 1.29 is 13.9 Å². The molecule has 106 valence electrons. The third kappa shape index (κ3) is 2.76. The fraction of sp³-hybridized carbons (Fsp3) is 0.400. The third-order valence-electron chi connectivity index (χ3n) is 3.26. The van der Waals surface area contributed by atoms with Crippen LogP contribution in [0.25, 0.3) is 0 Å². The summed E-state index contributed by atoms with van der Waals surface area (Å²) in [6.07, 6.45) is 5.23. The molecule has 1 aliphatic heterocycles. The fourth-order valence-electron chi connectivity index (χ4n) is 2.34. The lowest BCUT2D eigenvalue weighted by atomic mass is 10.1. The summed E-state index contributed by atoms with van der Waals surface area (Å²) in [6.45, 7) is 3.42. The molecule has 20 heavy (non-hydrogen) atoms. The van der Waals surface area contributed by atoms with E-state index < -0.39 is 0 Å². The first-order chi connectivity index (χ1) is 9.74. The molecule has 0 saturated heterocycles. The van der Waals surface area contributed by atoms with Crippen LogP contribution >= 0.6 is 0 Å². The van der Waals surface area contributed by atoms with Gasteiger partial charge >= 0.3 is 0 Å². The second-order valence-corrected chi connectivity index (χ2v) is 4.95. The Bertz CT molecular complexity index is 597. The zero-order valence-electron chi connectivity index (χ0n) is 11.4. The second kappa shape index (κ2) is 5.53. The predicted molar refractivity (Wildman–Crippen MR) is 72.5 cm³/mol. The maximum absolute atomic E-state index is 13.1. The highest BCUT2D eigenvalue weighted by atomic mass is 19.1. The van der Waals surface area contributed by atoms with Crippen LogP contribution in [0.1, 0.15) is 18.9 Å². The first-order valence-corrected chi connectivity index (χ1v) is 6.85. The van der Waals surface area contributed by atoms with E-state index in [1.807, 2.05) is 10.9 Å². The molecule has 5 heteroatoms. The van der Waals surface area contributed by atoms with Crippen LogP contribution in [0.3, 0.4) is 0 Å². The molecule has 0 saturated carbocycles. The van der Waals surface area contributed by atoms with Gasteiger partial charge in [-0.05, 0) is 24.6 Å². The number of nitrogens with zero attached hydrogens (tertiary/aromatic N) is 2. The quantitative estimate of drug-likeness (QED) is 0.842. The van der Waals surface area contributed by atoms with Gasteiger partial charge in [0.25, 0.3) is 0 Å². The Kier molecular flexibility index (Phi) is 3.58. The van der Waals surface area contributed by atoms with Crippen LogP contribution in [0.2, 0.25) is 0 Å². The number of ether oxygens (including phenoxy) is 2. The molecular weight excluding hydrogens is 259 g/mol. The van der Waals surface area contributed by atoms with Crippen molar-refractivity contribution in [1.82, 2.24) is 9.78 Å². The van der Waals surface area contributed by atoms with Crippen LogP contribution in [0.15, 0.2) is 30.6 Å². The van der Waals surface area contributed by atoms with Crippen molar-refractivity contribution in [3.63, 3.8) is 0 Å². The minimum absolute atomic E-state index is 0.0682. The van der Waals surface area contributed by atoms with Crippen molar-refractivity contribution in [1.29, 1.82) is 0 Å². The van der Waals surface area contributed by atoms with Crippen LogP contribution in [0, 0.1) is 5.82 Å². The topological polar surface area (TPSA) is 36.3 Å². The van der Waals surface area contributed by atoms with E-state index in [2.05, 4.69) is 12.0 Å². The van der Waals surface area contributed by atoms with E-state index in [9.17, 15) is 4.39 Å². The first kappa shape index (κ1) is 13.0. The molecule has 1 atom stereocenters. The van der Waals surface area contributed by atoms with Crippen molar-refractivity contribution in [2.24, 2.45) is 0 Å². The summed E-state index contributed by atoms with van der Waals surface area (Å²) in [4.78, 5) is 0. The molecule has 1 aromatic carbocycles. The standard InChI is InChI=1S/C15H17FN2O2/c1-2-5-18-9-14(8-17-18)19-10-13-7-11-6-12(16)3-4-15(11)20-13/h3-4,6,8-9,13H,2,5,7,10H2,1H3. The average molecular weight is 276 g/mol. The van der Waals surface area contributed by atoms with Crippen molar-refractivity contribution in [3.05, 3.63) is 42.0 Å². The first-order valence-electron chi connectivity index (χ1n) is 6.85. The normalized spacial score (nSPS) is 16.8. The summed E-state index contributed by atoms with van der Waals surface area (Å²) in [7, 11) is 0. The number of rotatable bonds is 5. The highest BCUT2D eigenvalue weighted by Crippen LogP contribution is 2.29. The molecule has 1 aromatic heterocycles. The summed E-state index contributed by atoms with van der Waals surface area (Å²) < 4.78 is 26.4. The minimum atomic E-state index is -0.227. The van der Waals surface area contributed by atoms with Gasteiger partial charge in [0.1, 0.15) is 24.3 Å². The van der Waals surface area contributed by atoms with Crippen molar-refractivity contribution in [3.8, 4) is 11.5 Å². The Labute approximate surface area is 117 Å². The highest BCUT2D eigenvalue weighted by molar-refractivity contribution is 5.37. The van der Waals surface area contributed by atoms with Gasteiger partial charge in [-0.2, -0.15) is 5.10 Å². The van der Waals surface area contributed by atoms with Gasteiger partial charge in [-0.1, -0.05) is 6.92 Å². The van der Waals surface area contributed by atoms with E-state index >= 15 is 0 Å². The predicted octanol–water partition coefficient (Wildman–Crippen LogP) is 2.81. The van der Waals surface area contributed by atoms with Gasteiger partial charge in [0, 0.05) is 18.5 Å². The molecule has 2 aromatic rings. The van der Waals surface area contributed by atoms with E-state index in [0.29, 0.717) is 13.0 Å². The van der Waals surface area contributed by atoms with Gasteiger partial charge in [0.2, 0.25) is 0 Å². The lowest BCUT2D eigenvalue weighted by molar-refractivity contribution is 0.148. The number of halogens is 1. The zero-order chi connectivity index (χ0) is 13.9. The number of hydrogen-bond donors (Lipinski definition) is 0. The lowest BCUT2D eigenvalue weighted by Crippen LogP contribution is -2.22. The average Bonchev–Trinajstić information content (AvgIpc) is 3.02. The number of hydrogen-bond acceptors (Lipinski definition) is 3. The summed E-state index contributed by atoms with van der Waals surface area (Å²) in [5, 5.41) is 4.20. The van der Waals surface area contributed by atoms with E-state index in [0.717, 1.165) is 30.0 Å². The Balaban J connectivity index is 1.55. The van der Waals surface area contributed by atoms with E-state index in [1.165, 1.54) is 12.1 Å². The number of aromatic nitrogens is 2. The summed E-state index contributed by atoms with van der Waals surface area (Å²) >= 11 is 0. The van der Waals surface area contributed by atoms with E-state index in [-0.39, 0.29) is 11.9 Å². The molecule has 2 heterocycles. The highest BCUT2D eigenvalue weighted by Gasteiger charge is 2.23. The van der Waals surface area contributed by atoms with Crippen molar-refractivity contribution >= 4 is 0 Å². The van der Waals surface area contributed by atoms with Gasteiger partial charge in [-0.25, -0.2) is 4.39 Å². The molecule has 0 bridgehead atoms. The van der Waals surface area contributed by atoms with Gasteiger partial charge in [0.15, 0.2) is 5.75 Å². The minimum Gasteiger partial charge on any atom is -0.486 e. The monoisotopic (exact) mass is 276 g/mol. The van der Waals surface area contributed by atoms with Crippen LogP contribution in [-0.2, 0) is 13.0 Å². The molecule has 0 N–H and O–H groups in total. The second-order valence-electron chi connectivity index (χ2n) is 4.95. The molecule has 0 amide bonds. The van der Waals surface area contributed by atoms with Gasteiger partial charge < -0.3 is 9.47 Å². The maximum Gasteiger partial charge on any atom is 0.157 e. The van der Waals surface area contributed by atoms with E-state index in [4.69, 9.17) is 9.47 Å².